The maximum Gasteiger partial charge on any atom is 0.318 e. The Balaban J connectivity index is 1.94. The van der Waals surface area contributed by atoms with Gasteiger partial charge in [-0.3, -0.25) is 0 Å². The lowest BCUT2D eigenvalue weighted by atomic mass is 10.3. The van der Waals surface area contributed by atoms with E-state index in [4.69, 9.17) is 0 Å². The third-order valence-electron chi connectivity index (χ3n) is 3.55. The maximum atomic E-state index is 12.0. The van der Waals surface area contributed by atoms with Gasteiger partial charge in [0.2, 0.25) is 0 Å². The van der Waals surface area contributed by atoms with E-state index in [1.165, 1.54) is 0 Å². The molecule has 0 heterocycles. The molecule has 0 aromatic heterocycles. The molecule has 0 unspecified atom stereocenters. The van der Waals surface area contributed by atoms with E-state index in [1.807, 2.05) is 61.6 Å². The summed E-state index contributed by atoms with van der Waals surface area (Å²) in [6.07, 6.45) is 1.35. The van der Waals surface area contributed by atoms with E-state index >= 15 is 0 Å². The smallest absolute Gasteiger partial charge is 0.318 e. The van der Waals surface area contributed by atoms with Gasteiger partial charge in [-0.25, -0.2) is 9.59 Å². The van der Waals surface area contributed by atoms with Crippen LogP contribution >= 0.6 is 23.5 Å². The van der Waals surface area contributed by atoms with Crippen LogP contribution in [0.4, 0.5) is 21.0 Å². The predicted octanol–water partition coefficient (Wildman–Crippen LogP) is 4.19. The third kappa shape index (κ3) is 8.56. The van der Waals surface area contributed by atoms with Crippen molar-refractivity contribution in [2.45, 2.75) is 22.9 Å². The Morgan fingerprint density at radius 3 is 1.59 bits per heavy atom. The number of rotatable bonds is 10. The van der Waals surface area contributed by atoms with Crippen molar-refractivity contribution in [2.24, 2.45) is 0 Å². The molecule has 29 heavy (non-hydrogen) atoms. The number of amides is 4. The number of hydrogen-bond donors (Lipinski definition) is 4. The van der Waals surface area contributed by atoms with Crippen LogP contribution in [0.15, 0.2) is 58.3 Å². The molecule has 10 heteroatoms. The van der Waals surface area contributed by atoms with Crippen LogP contribution in [0.1, 0.15) is 0 Å². The summed E-state index contributed by atoms with van der Waals surface area (Å²) < 4.78 is 0. The number of thioether (sulfide) groups is 2. The first-order valence-electron chi connectivity index (χ1n) is 8.96. The van der Waals surface area contributed by atoms with Gasteiger partial charge in [0.05, 0.1) is 30.4 Å². The van der Waals surface area contributed by atoms with Gasteiger partial charge in [0.1, 0.15) is 0 Å². The molecule has 2 rings (SSSR count). The van der Waals surface area contributed by atoms with Gasteiger partial charge >= 0.3 is 12.1 Å². The summed E-state index contributed by atoms with van der Waals surface area (Å²) in [5.74, 6) is 0. The number of anilines is 2. The van der Waals surface area contributed by atoms with Gasteiger partial charge in [0.25, 0.3) is 0 Å². The fourth-order valence-corrected chi connectivity index (χ4v) is 5.04. The molecule has 4 N–H and O–H groups in total. The lowest BCUT2D eigenvalue weighted by Crippen LogP contribution is -2.31. The predicted molar refractivity (Wildman–Crippen MR) is 127 cm³/mol. The first kappa shape index (κ1) is 23.4. The van der Waals surface area contributed by atoms with E-state index in [9.17, 15) is 9.59 Å². The molecule has 4 radical (unpaired) electrons. The van der Waals surface area contributed by atoms with Crippen molar-refractivity contribution in [1.29, 1.82) is 0 Å². The largest absolute Gasteiger partial charge is 0.341 e. The molecule has 0 bridgehead atoms. The lowest BCUT2D eigenvalue weighted by Gasteiger charge is -2.13. The topological polar surface area (TPSA) is 82.3 Å². The van der Waals surface area contributed by atoms with Gasteiger partial charge in [-0.05, 0) is 24.3 Å². The van der Waals surface area contributed by atoms with Crippen LogP contribution in [0.2, 0.25) is 13.1 Å². The van der Waals surface area contributed by atoms with Crippen LogP contribution < -0.4 is 21.3 Å². The molecule has 0 saturated carbocycles. The molecule has 0 saturated heterocycles. The molecule has 0 aliphatic heterocycles. The van der Waals surface area contributed by atoms with Gasteiger partial charge in [-0.1, -0.05) is 37.4 Å². The Morgan fingerprint density at radius 1 is 0.759 bits per heavy atom. The van der Waals surface area contributed by atoms with Crippen molar-refractivity contribution in [3.63, 3.8) is 0 Å². The second kappa shape index (κ2) is 13.4. The van der Waals surface area contributed by atoms with Gasteiger partial charge in [-0.2, -0.15) is 0 Å². The van der Waals surface area contributed by atoms with Crippen LogP contribution in [0, 0.1) is 0 Å². The van der Waals surface area contributed by atoms with Crippen molar-refractivity contribution in [2.75, 3.05) is 28.1 Å². The van der Waals surface area contributed by atoms with E-state index in [0.717, 1.165) is 26.3 Å². The zero-order chi connectivity index (χ0) is 20.9. The average Bonchev–Trinajstić information content (AvgIpc) is 2.73. The molecule has 0 aliphatic rings. The summed E-state index contributed by atoms with van der Waals surface area (Å²) in [4.78, 5) is 25.9. The molecule has 0 aliphatic carbocycles. The van der Waals surface area contributed by atoms with Crippen LogP contribution in [0.25, 0.3) is 0 Å². The Bertz CT molecular complexity index is 746. The highest BCUT2D eigenvalue weighted by atomic mass is 32.2. The minimum absolute atomic E-state index is 0.187. The van der Waals surface area contributed by atoms with Crippen LogP contribution in [-0.4, -0.2) is 48.5 Å². The Morgan fingerprint density at radius 2 is 1.17 bits per heavy atom. The maximum absolute atomic E-state index is 12.0. The lowest BCUT2D eigenvalue weighted by molar-refractivity contribution is 0.252. The monoisotopic (exact) mass is 460 g/mol. The summed E-state index contributed by atoms with van der Waals surface area (Å²) in [5.41, 5.74) is 1.59. The average molecular weight is 461 g/mol. The number of nitrogens with one attached hydrogen (secondary N) is 4. The fourth-order valence-electron chi connectivity index (χ4n) is 2.22. The summed E-state index contributed by atoms with van der Waals surface area (Å²) in [6.45, 7) is 4.09. The molecular formula is C19H24N4O2S2Si2. The number of hydrogen-bond acceptors (Lipinski definition) is 4. The van der Waals surface area contributed by atoms with Gasteiger partial charge in [0.15, 0.2) is 0 Å². The molecule has 2 aromatic carbocycles. The quantitative estimate of drug-likeness (QED) is 0.243. The fraction of sp³-hybridized carbons (Fsp3) is 0.263. The molecule has 2 aromatic rings. The van der Waals surface area contributed by atoms with Crippen molar-refractivity contribution < 1.29 is 9.59 Å². The molecule has 4 amide bonds. The summed E-state index contributed by atoms with van der Waals surface area (Å²) in [6, 6.07) is 15.1. The van der Waals surface area contributed by atoms with E-state index < -0.39 is 0 Å². The molecule has 0 spiro atoms. The molecule has 0 fully saturated rings. The second-order valence-corrected chi connectivity index (χ2v) is 10.2. The number of urea groups is 2. The summed E-state index contributed by atoms with van der Waals surface area (Å²) >= 11 is 3.29. The minimum atomic E-state index is -0.187. The van der Waals surface area contributed by atoms with E-state index in [2.05, 4.69) is 21.3 Å². The normalized spacial score (nSPS) is 10.3. The summed E-state index contributed by atoms with van der Waals surface area (Å²) in [5, 5.41) is 12.2. The Labute approximate surface area is 185 Å². The summed E-state index contributed by atoms with van der Waals surface area (Å²) in [7, 11) is 1.35. The number of para-hydroxylation sites is 2. The highest BCUT2D eigenvalue weighted by molar-refractivity contribution is 8.16. The van der Waals surface area contributed by atoms with E-state index in [1.54, 1.807) is 23.5 Å². The van der Waals surface area contributed by atoms with Crippen LogP contribution in [0.3, 0.4) is 0 Å². The minimum Gasteiger partial charge on any atom is -0.341 e. The first-order valence-corrected chi connectivity index (χ1v) is 14.3. The van der Waals surface area contributed by atoms with Gasteiger partial charge in [-0.15, -0.1) is 23.5 Å². The van der Waals surface area contributed by atoms with E-state index in [-0.39, 0.29) is 12.1 Å². The Kier molecular flexibility index (Phi) is 10.8. The number of carbonyl (C=O) groups is 2. The zero-order valence-electron chi connectivity index (χ0n) is 16.4. The van der Waals surface area contributed by atoms with Crippen molar-refractivity contribution in [1.82, 2.24) is 10.6 Å². The van der Waals surface area contributed by atoms with Crippen LogP contribution in [0.5, 0.6) is 0 Å². The van der Waals surface area contributed by atoms with Gasteiger partial charge in [0, 0.05) is 27.2 Å². The number of carbonyl (C=O) groups excluding carboxylic acids is 2. The number of benzene rings is 2. The first-order chi connectivity index (χ1) is 14.1. The van der Waals surface area contributed by atoms with Crippen molar-refractivity contribution >= 4 is 66.0 Å². The van der Waals surface area contributed by atoms with E-state index in [0.29, 0.717) is 31.4 Å². The zero-order valence-corrected chi connectivity index (χ0v) is 20.0. The molecule has 6 nitrogen and oxygen atoms in total. The standard InChI is InChI=1S/C19H24N4O2S2Si2/c1-28-11-20-18(24)22-14-7-3-5-9-16(14)26-13-27-17-10-6-4-8-15(17)23-19(25)21-12-29-2/h3-10H,11-13H2,1-2H3,(H2,20,22,24)(H2,21,23,25). The Hall–Kier alpha value is -1.89. The SMILES string of the molecule is C[Si]CNC(=O)Nc1ccccc1SCSc1ccccc1NC(=O)NC[Si]C. The van der Waals surface area contributed by atoms with Crippen molar-refractivity contribution in [3.05, 3.63) is 48.5 Å². The molecular weight excluding hydrogens is 437 g/mol. The molecule has 0 atom stereocenters. The van der Waals surface area contributed by atoms with Crippen LogP contribution in [-0.2, 0) is 0 Å². The highest BCUT2D eigenvalue weighted by Gasteiger charge is 2.09. The highest BCUT2D eigenvalue weighted by Crippen LogP contribution is 2.35. The van der Waals surface area contributed by atoms with Crippen molar-refractivity contribution in [3.8, 4) is 0 Å². The third-order valence-corrected chi connectivity index (χ3v) is 6.89. The van der Waals surface area contributed by atoms with Gasteiger partial charge < -0.3 is 21.3 Å². The second-order valence-electron chi connectivity index (χ2n) is 5.72. The molecule has 152 valence electrons.